The lowest BCUT2D eigenvalue weighted by atomic mass is 10.3. The van der Waals surface area contributed by atoms with Gasteiger partial charge in [0.2, 0.25) is 0 Å². The number of ether oxygens (including phenoxy) is 1. The zero-order valence-corrected chi connectivity index (χ0v) is 9.94. The van der Waals surface area contributed by atoms with Crippen LogP contribution >= 0.6 is 0 Å². The molecule has 4 heteroatoms. The first-order valence-corrected chi connectivity index (χ1v) is 5.74. The van der Waals surface area contributed by atoms with Crippen molar-refractivity contribution in [3.05, 3.63) is 18.3 Å². The fourth-order valence-corrected chi connectivity index (χ4v) is 1.83. The van der Waals surface area contributed by atoms with E-state index in [0.29, 0.717) is 6.04 Å². The summed E-state index contributed by atoms with van der Waals surface area (Å²) in [5.74, 6) is 0.917. The molecule has 1 fully saturated rings. The first kappa shape index (κ1) is 11.2. The molecule has 88 valence electrons. The lowest BCUT2D eigenvalue weighted by Crippen LogP contribution is -2.29. The molecule has 0 amide bonds. The van der Waals surface area contributed by atoms with Gasteiger partial charge in [0.25, 0.3) is 0 Å². The molecule has 16 heavy (non-hydrogen) atoms. The number of nitrogens with one attached hydrogen (secondary N) is 1. The molecule has 1 saturated carbocycles. The molecule has 0 aliphatic heterocycles. The van der Waals surface area contributed by atoms with Gasteiger partial charge in [0.1, 0.15) is 5.82 Å². The first-order valence-electron chi connectivity index (χ1n) is 5.74. The molecule has 1 N–H and O–H groups in total. The zero-order valence-electron chi connectivity index (χ0n) is 9.94. The summed E-state index contributed by atoms with van der Waals surface area (Å²) >= 11 is 0. The highest BCUT2D eigenvalue weighted by Crippen LogP contribution is 2.31. The van der Waals surface area contributed by atoms with Crippen molar-refractivity contribution in [2.75, 3.05) is 37.5 Å². The van der Waals surface area contributed by atoms with Crippen LogP contribution in [0, 0.1) is 0 Å². The predicted molar refractivity (Wildman–Crippen MR) is 66.0 cm³/mol. The Morgan fingerprint density at radius 2 is 2.38 bits per heavy atom. The molecule has 0 unspecified atom stereocenters. The van der Waals surface area contributed by atoms with E-state index in [2.05, 4.69) is 27.3 Å². The van der Waals surface area contributed by atoms with Gasteiger partial charge < -0.3 is 15.0 Å². The number of pyridine rings is 1. The highest BCUT2D eigenvalue weighted by atomic mass is 16.5. The third-order valence-corrected chi connectivity index (χ3v) is 2.86. The monoisotopic (exact) mass is 221 g/mol. The average Bonchev–Trinajstić information content (AvgIpc) is 3.14. The molecular formula is C12H19N3O. The van der Waals surface area contributed by atoms with Crippen LogP contribution in [-0.4, -0.2) is 38.3 Å². The molecular weight excluding hydrogens is 202 g/mol. The molecule has 4 nitrogen and oxygen atoms in total. The van der Waals surface area contributed by atoms with Crippen molar-refractivity contribution in [1.82, 2.24) is 4.98 Å². The van der Waals surface area contributed by atoms with E-state index in [1.807, 2.05) is 13.2 Å². The molecule has 1 aliphatic carbocycles. The second kappa shape index (κ2) is 5.16. The third-order valence-electron chi connectivity index (χ3n) is 2.86. The van der Waals surface area contributed by atoms with Gasteiger partial charge in [-0.15, -0.1) is 0 Å². The van der Waals surface area contributed by atoms with E-state index >= 15 is 0 Å². The van der Waals surface area contributed by atoms with Crippen molar-refractivity contribution in [2.24, 2.45) is 0 Å². The molecule has 2 rings (SSSR count). The Labute approximate surface area is 96.6 Å². The summed E-state index contributed by atoms with van der Waals surface area (Å²) in [5, 5.41) is 3.07. The number of aromatic nitrogens is 1. The lowest BCUT2D eigenvalue weighted by molar-refractivity contribution is 0.205. The normalized spacial score (nSPS) is 14.9. The third kappa shape index (κ3) is 2.64. The number of nitrogens with zero attached hydrogens (tertiary/aromatic N) is 2. The fraction of sp³-hybridized carbons (Fsp3) is 0.583. The van der Waals surface area contributed by atoms with Gasteiger partial charge in [-0.25, -0.2) is 4.98 Å². The van der Waals surface area contributed by atoms with Crippen LogP contribution in [0.4, 0.5) is 11.5 Å². The number of methoxy groups -OCH3 is 1. The van der Waals surface area contributed by atoms with Crippen LogP contribution in [0.25, 0.3) is 0 Å². The van der Waals surface area contributed by atoms with Crippen LogP contribution < -0.4 is 10.2 Å². The molecule has 0 saturated heterocycles. The molecule has 0 radical (unpaired) electrons. The molecule has 1 aromatic heterocycles. The predicted octanol–water partition coefficient (Wildman–Crippen LogP) is 1.74. The maximum atomic E-state index is 5.16. The molecule has 1 aromatic rings. The summed E-state index contributed by atoms with van der Waals surface area (Å²) < 4.78 is 5.16. The van der Waals surface area contributed by atoms with Crippen LogP contribution in [0.2, 0.25) is 0 Å². The minimum atomic E-state index is 0.697. The Bertz CT molecular complexity index is 339. The Morgan fingerprint density at radius 1 is 1.56 bits per heavy atom. The molecule has 0 spiro atoms. The number of hydrogen-bond acceptors (Lipinski definition) is 4. The van der Waals surface area contributed by atoms with E-state index in [-0.39, 0.29) is 0 Å². The topological polar surface area (TPSA) is 37.4 Å². The van der Waals surface area contributed by atoms with E-state index in [4.69, 9.17) is 4.74 Å². The van der Waals surface area contributed by atoms with Crippen LogP contribution in [0.3, 0.4) is 0 Å². The lowest BCUT2D eigenvalue weighted by Gasteiger charge is -2.24. The van der Waals surface area contributed by atoms with E-state index < -0.39 is 0 Å². The van der Waals surface area contributed by atoms with Gasteiger partial charge >= 0.3 is 0 Å². The van der Waals surface area contributed by atoms with Crippen molar-refractivity contribution in [2.45, 2.75) is 18.9 Å². The minimum absolute atomic E-state index is 0.697. The van der Waals surface area contributed by atoms with E-state index in [1.54, 1.807) is 7.11 Å². The second-order valence-electron chi connectivity index (χ2n) is 4.07. The van der Waals surface area contributed by atoms with E-state index in [9.17, 15) is 0 Å². The quantitative estimate of drug-likeness (QED) is 0.794. The summed E-state index contributed by atoms with van der Waals surface area (Å²) in [6.07, 6.45) is 4.44. The molecule has 1 heterocycles. The second-order valence-corrected chi connectivity index (χ2v) is 4.07. The highest BCUT2D eigenvalue weighted by Gasteiger charge is 2.29. The zero-order chi connectivity index (χ0) is 11.4. The van der Waals surface area contributed by atoms with Crippen molar-refractivity contribution < 1.29 is 4.74 Å². The Hall–Kier alpha value is -1.29. The molecule has 1 aliphatic rings. The molecule has 0 aromatic carbocycles. The van der Waals surface area contributed by atoms with E-state index in [0.717, 1.165) is 19.0 Å². The van der Waals surface area contributed by atoms with Crippen molar-refractivity contribution >= 4 is 11.5 Å². The van der Waals surface area contributed by atoms with Crippen molar-refractivity contribution in [1.29, 1.82) is 0 Å². The Morgan fingerprint density at radius 3 is 3.00 bits per heavy atom. The van der Waals surface area contributed by atoms with Gasteiger partial charge in [-0.1, -0.05) is 0 Å². The largest absolute Gasteiger partial charge is 0.383 e. The molecule has 0 atom stereocenters. The van der Waals surface area contributed by atoms with Crippen LogP contribution in [0.5, 0.6) is 0 Å². The van der Waals surface area contributed by atoms with Gasteiger partial charge in [-0.05, 0) is 18.9 Å². The maximum absolute atomic E-state index is 5.16. The standard InChI is InChI=1S/C12H19N3O/c1-13-12-9-11(5-6-14-12)15(7-8-16-2)10-3-4-10/h5-6,9-10H,3-4,7-8H2,1-2H3,(H,13,14). The van der Waals surface area contributed by atoms with Gasteiger partial charge in [0.15, 0.2) is 0 Å². The summed E-state index contributed by atoms with van der Waals surface area (Å²) in [7, 11) is 3.64. The fourth-order valence-electron chi connectivity index (χ4n) is 1.83. The van der Waals surface area contributed by atoms with Gasteiger partial charge in [-0.2, -0.15) is 0 Å². The highest BCUT2D eigenvalue weighted by molar-refractivity contribution is 5.55. The number of rotatable bonds is 6. The summed E-state index contributed by atoms with van der Waals surface area (Å²) in [6.45, 7) is 1.72. The van der Waals surface area contributed by atoms with Crippen LogP contribution in [-0.2, 0) is 4.74 Å². The van der Waals surface area contributed by atoms with Crippen molar-refractivity contribution in [3.63, 3.8) is 0 Å². The van der Waals surface area contributed by atoms with Crippen molar-refractivity contribution in [3.8, 4) is 0 Å². The maximum Gasteiger partial charge on any atom is 0.127 e. The first-order chi connectivity index (χ1) is 7.85. The summed E-state index contributed by atoms with van der Waals surface area (Å²) in [5.41, 5.74) is 1.24. The van der Waals surface area contributed by atoms with Crippen LogP contribution in [0.1, 0.15) is 12.8 Å². The average molecular weight is 221 g/mol. The Balaban J connectivity index is 2.10. The Kier molecular flexibility index (Phi) is 3.62. The number of anilines is 2. The smallest absolute Gasteiger partial charge is 0.127 e. The van der Waals surface area contributed by atoms with Gasteiger partial charge in [0.05, 0.1) is 6.61 Å². The van der Waals surface area contributed by atoms with Gasteiger partial charge in [0, 0.05) is 44.7 Å². The molecule has 0 bridgehead atoms. The summed E-state index contributed by atoms with van der Waals surface area (Å²) in [4.78, 5) is 6.64. The minimum Gasteiger partial charge on any atom is -0.383 e. The van der Waals surface area contributed by atoms with Gasteiger partial charge in [-0.3, -0.25) is 0 Å². The summed E-state index contributed by atoms with van der Waals surface area (Å²) in [6, 6.07) is 4.85. The van der Waals surface area contributed by atoms with E-state index in [1.165, 1.54) is 18.5 Å². The van der Waals surface area contributed by atoms with Crippen LogP contribution in [0.15, 0.2) is 18.3 Å². The number of hydrogen-bond donors (Lipinski definition) is 1. The SMILES string of the molecule is CNc1cc(N(CCOC)C2CC2)ccn1.